The van der Waals surface area contributed by atoms with E-state index in [1.807, 2.05) is 31.2 Å². The molecule has 2 aromatic carbocycles. The van der Waals surface area contributed by atoms with E-state index in [-0.39, 0.29) is 30.8 Å². The van der Waals surface area contributed by atoms with Gasteiger partial charge in [-0.1, -0.05) is 55.5 Å². The van der Waals surface area contributed by atoms with Crippen LogP contribution in [0.5, 0.6) is 0 Å². The minimum Gasteiger partial charge on any atom is -0.481 e. The van der Waals surface area contributed by atoms with Crippen molar-refractivity contribution in [3.63, 3.8) is 0 Å². The van der Waals surface area contributed by atoms with Crippen molar-refractivity contribution in [1.82, 2.24) is 10.2 Å². The predicted molar refractivity (Wildman–Crippen MR) is 131 cm³/mol. The summed E-state index contributed by atoms with van der Waals surface area (Å²) >= 11 is 0. The molecule has 7 heteroatoms. The number of nitrogens with one attached hydrogen (secondary N) is 1. The number of rotatable bonds is 12. The highest BCUT2D eigenvalue weighted by atomic mass is 16.5. The molecule has 0 aromatic heterocycles. The molecule has 1 aliphatic rings. The van der Waals surface area contributed by atoms with Gasteiger partial charge in [0.25, 0.3) is 0 Å². The lowest BCUT2D eigenvalue weighted by Crippen LogP contribution is -2.31. The number of carboxylic acid groups (broad SMARTS) is 1. The van der Waals surface area contributed by atoms with Crippen LogP contribution >= 0.6 is 0 Å². The Hall–Kier alpha value is -3.35. The van der Waals surface area contributed by atoms with Gasteiger partial charge in [-0.25, -0.2) is 4.79 Å². The minimum atomic E-state index is -0.813. The van der Waals surface area contributed by atoms with Gasteiger partial charge in [-0.15, -0.1) is 0 Å². The van der Waals surface area contributed by atoms with E-state index in [1.54, 1.807) is 11.9 Å². The number of ether oxygens (including phenoxy) is 1. The van der Waals surface area contributed by atoms with Crippen LogP contribution in [0.3, 0.4) is 0 Å². The van der Waals surface area contributed by atoms with Gasteiger partial charge in [0.2, 0.25) is 5.91 Å². The summed E-state index contributed by atoms with van der Waals surface area (Å²) in [5, 5.41) is 11.5. The first kappa shape index (κ1) is 25.3. The second-order valence-corrected chi connectivity index (χ2v) is 9.02. The van der Waals surface area contributed by atoms with Crippen LogP contribution in [0.4, 0.5) is 4.79 Å². The number of hydrogen-bond donors (Lipinski definition) is 2. The summed E-state index contributed by atoms with van der Waals surface area (Å²) in [6, 6.07) is 16.4. The number of benzene rings is 2. The van der Waals surface area contributed by atoms with Crippen molar-refractivity contribution >= 4 is 18.0 Å². The molecule has 0 aliphatic heterocycles. The highest BCUT2D eigenvalue weighted by Crippen LogP contribution is 2.44. The zero-order valence-electron chi connectivity index (χ0n) is 20.0. The van der Waals surface area contributed by atoms with E-state index in [4.69, 9.17) is 9.84 Å². The Bertz CT molecular complexity index is 961. The second kappa shape index (κ2) is 12.2. The molecule has 2 aromatic rings. The Kier molecular flexibility index (Phi) is 9.08. The molecule has 0 heterocycles. The molecular weight excluding hydrogens is 432 g/mol. The largest absolute Gasteiger partial charge is 0.481 e. The van der Waals surface area contributed by atoms with Crippen LogP contribution < -0.4 is 5.32 Å². The molecule has 1 atom stereocenters. The van der Waals surface area contributed by atoms with Gasteiger partial charge in [0.05, 0.1) is 0 Å². The Morgan fingerprint density at radius 1 is 1.03 bits per heavy atom. The number of fused-ring (bicyclic) bond motifs is 3. The Morgan fingerprint density at radius 3 is 2.26 bits per heavy atom. The molecule has 0 spiro atoms. The summed E-state index contributed by atoms with van der Waals surface area (Å²) in [5.41, 5.74) is 4.74. The number of amides is 2. The molecule has 7 nitrogen and oxygen atoms in total. The van der Waals surface area contributed by atoms with Crippen LogP contribution in [0.1, 0.15) is 56.1 Å². The molecule has 34 heavy (non-hydrogen) atoms. The number of alkyl carbamates (subject to hydrolysis) is 1. The van der Waals surface area contributed by atoms with Crippen molar-refractivity contribution in [1.29, 1.82) is 0 Å². The summed E-state index contributed by atoms with van der Waals surface area (Å²) in [5.74, 6) is -0.640. The fourth-order valence-corrected chi connectivity index (χ4v) is 4.38. The molecule has 1 aliphatic carbocycles. The zero-order valence-corrected chi connectivity index (χ0v) is 20.0. The van der Waals surface area contributed by atoms with Crippen molar-refractivity contribution in [2.75, 3.05) is 26.7 Å². The molecule has 2 amide bonds. The number of nitrogens with zero attached hydrogens (tertiary/aromatic N) is 1. The number of hydrogen-bond acceptors (Lipinski definition) is 4. The lowest BCUT2D eigenvalue weighted by atomic mass is 9.98. The van der Waals surface area contributed by atoms with Crippen molar-refractivity contribution in [3.05, 3.63) is 59.7 Å². The van der Waals surface area contributed by atoms with Crippen LogP contribution in [0.15, 0.2) is 48.5 Å². The van der Waals surface area contributed by atoms with E-state index >= 15 is 0 Å². The topological polar surface area (TPSA) is 95.9 Å². The molecule has 0 radical (unpaired) electrons. The number of aliphatic carboxylic acids is 1. The van der Waals surface area contributed by atoms with Crippen LogP contribution in [-0.2, 0) is 14.3 Å². The number of unbranched alkanes of at least 4 members (excludes halogenated alkanes) is 1. The summed E-state index contributed by atoms with van der Waals surface area (Å²) in [6.07, 6.45) is 1.97. The quantitative estimate of drug-likeness (QED) is 0.444. The van der Waals surface area contributed by atoms with E-state index in [9.17, 15) is 14.4 Å². The van der Waals surface area contributed by atoms with Gasteiger partial charge in [-0.3, -0.25) is 9.59 Å². The number of carbonyl (C=O) groups is 3. The first-order valence-corrected chi connectivity index (χ1v) is 11.9. The molecule has 0 fully saturated rings. The third-order valence-corrected chi connectivity index (χ3v) is 6.33. The normalized spacial score (nSPS) is 13.0. The Morgan fingerprint density at radius 2 is 1.65 bits per heavy atom. The van der Waals surface area contributed by atoms with E-state index < -0.39 is 12.1 Å². The molecule has 1 unspecified atom stereocenters. The summed E-state index contributed by atoms with van der Waals surface area (Å²) in [7, 11) is 1.74. The van der Waals surface area contributed by atoms with Gasteiger partial charge < -0.3 is 20.1 Å². The molecule has 0 saturated carbocycles. The molecule has 3 rings (SSSR count). The molecule has 0 bridgehead atoms. The maximum atomic E-state index is 12.3. The van der Waals surface area contributed by atoms with Gasteiger partial charge in [0, 0.05) is 38.9 Å². The standard InChI is InChI=1S/C27H34N2O5/c1-19(17-25(30)29(2)16-8-7-13-26(31)32)14-15-28-27(33)34-18-24-22-11-5-3-9-20(22)21-10-4-6-12-23(21)24/h3-6,9-12,19,24H,7-8,13-18H2,1-2H3,(H,28,33)(H,31,32). The van der Waals surface area contributed by atoms with Crippen LogP contribution in [0, 0.1) is 5.92 Å². The molecule has 0 saturated heterocycles. The summed E-state index contributed by atoms with van der Waals surface area (Å²) in [4.78, 5) is 36.8. The van der Waals surface area contributed by atoms with Gasteiger partial charge in [0.1, 0.15) is 6.61 Å². The Labute approximate surface area is 201 Å². The van der Waals surface area contributed by atoms with E-state index in [0.29, 0.717) is 38.8 Å². The fourth-order valence-electron chi connectivity index (χ4n) is 4.38. The average molecular weight is 467 g/mol. The smallest absolute Gasteiger partial charge is 0.407 e. The SMILES string of the molecule is CC(CCNC(=O)OCC1c2ccccc2-c2ccccc21)CC(=O)N(C)CCCCC(=O)O. The first-order valence-electron chi connectivity index (χ1n) is 11.9. The maximum Gasteiger partial charge on any atom is 0.407 e. The third kappa shape index (κ3) is 6.83. The second-order valence-electron chi connectivity index (χ2n) is 9.02. The van der Waals surface area contributed by atoms with Crippen molar-refractivity contribution in [2.24, 2.45) is 5.92 Å². The lowest BCUT2D eigenvalue weighted by molar-refractivity contribution is -0.137. The first-order chi connectivity index (χ1) is 16.4. The molecule has 182 valence electrons. The van der Waals surface area contributed by atoms with Gasteiger partial charge >= 0.3 is 12.1 Å². The van der Waals surface area contributed by atoms with Gasteiger partial charge in [-0.05, 0) is 47.4 Å². The molecular formula is C27H34N2O5. The third-order valence-electron chi connectivity index (χ3n) is 6.33. The summed E-state index contributed by atoms with van der Waals surface area (Å²) < 4.78 is 5.55. The predicted octanol–water partition coefficient (Wildman–Crippen LogP) is 4.65. The highest BCUT2D eigenvalue weighted by molar-refractivity contribution is 5.79. The maximum absolute atomic E-state index is 12.3. The Balaban J connectivity index is 1.36. The average Bonchev–Trinajstić information content (AvgIpc) is 3.14. The van der Waals surface area contributed by atoms with Gasteiger partial charge in [0.15, 0.2) is 0 Å². The van der Waals surface area contributed by atoms with Crippen LogP contribution in [-0.4, -0.2) is 54.7 Å². The number of carbonyl (C=O) groups excluding carboxylic acids is 2. The van der Waals surface area contributed by atoms with E-state index in [2.05, 4.69) is 29.6 Å². The highest BCUT2D eigenvalue weighted by Gasteiger charge is 2.29. The van der Waals surface area contributed by atoms with Crippen molar-refractivity contribution in [2.45, 2.75) is 44.9 Å². The summed E-state index contributed by atoms with van der Waals surface area (Å²) in [6.45, 7) is 3.25. The zero-order chi connectivity index (χ0) is 24.5. The number of carboxylic acids is 1. The minimum absolute atomic E-state index is 0.0285. The van der Waals surface area contributed by atoms with E-state index in [0.717, 1.165) is 0 Å². The fraction of sp³-hybridized carbons (Fsp3) is 0.444. The van der Waals surface area contributed by atoms with Crippen molar-refractivity contribution in [3.8, 4) is 11.1 Å². The molecule has 2 N–H and O–H groups in total. The van der Waals surface area contributed by atoms with Crippen LogP contribution in [0.2, 0.25) is 0 Å². The van der Waals surface area contributed by atoms with Gasteiger partial charge in [-0.2, -0.15) is 0 Å². The van der Waals surface area contributed by atoms with Crippen LogP contribution in [0.25, 0.3) is 11.1 Å². The van der Waals surface area contributed by atoms with E-state index in [1.165, 1.54) is 22.3 Å². The monoisotopic (exact) mass is 466 g/mol. The lowest BCUT2D eigenvalue weighted by Gasteiger charge is -2.19. The van der Waals surface area contributed by atoms with Crippen molar-refractivity contribution < 1.29 is 24.2 Å².